The molecule has 1 atom stereocenters. The zero-order valence-corrected chi connectivity index (χ0v) is 19.7. The lowest BCUT2D eigenvalue weighted by Crippen LogP contribution is -1.96. The van der Waals surface area contributed by atoms with Crippen molar-refractivity contribution in [2.75, 3.05) is 0 Å². The smallest absolute Gasteiger partial charge is 0.190 e. The number of carbonyl (C=O) groups excluding carboxylic acids is 1. The Morgan fingerprint density at radius 2 is 1.00 bits per heavy atom. The summed E-state index contributed by atoms with van der Waals surface area (Å²) < 4.78 is 0.136. The fourth-order valence-corrected chi connectivity index (χ4v) is 4.36. The minimum atomic E-state index is 0.136. The van der Waals surface area contributed by atoms with Gasteiger partial charge in [0.1, 0.15) is 0 Å². The topological polar surface area (TPSA) is 17.1 Å². The van der Waals surface area contributed by atoms with E-state index in [0.717, 1.165) is 18.8 Å². The lowest BCUT2D eigenvalue weighted by atomic mass is 10.0. The highest BCUT2D eigenvalue weighted by Gasteiger charge is 2.05. The summed E-state index contributed by atoms with van der Waals surface area (Å²) in [6, 6.07) is 0. The summed E-state index contributed by atoms with van der Waals surface area (Å²) in [5.74, 6) is 0.880. The van der Waals surface area contributed by atoms with Gasteiger partial charge in [-0.3, -0.25) is 4.79 Å². The Morgan fingerprint density at radius 1 is 0.654 bits per heavy atom. The van der Waals surface area contributed by atoms with Crippen LogP contribution in [-0.4, -0.2) is 9.70 Å². The van der Waals surface area contributed by atoms with Crippen LogP contribution in [0.15, 0.2) is 0 Å². The molecule has 0 rings (SSSR count). The Labute approximate surface area is 174 Å². The van der Waals surface area contributed by atoms with E-state index in [-0.39, 0.29) is 4.58 Å². The molecule has 0 N–H and O–H groups in total. The van der Waals surface area contributed by atoms with E-state index < -0.39 is 0 Å². The van der Waals surface area contributed by atoms with E-state index in [4.69, 9.17) is 0 Å². The van der Waals surface area contributed by atoms with Gasteiger partial charge in [-0.25, -0.2) is 0 Å². The number of unbranched alkanes of at least 4 members (excludes halogenated alkanes) is 14. The summed E-state index contributed by atoms with van der Waals surface area (Å²) in [6.45, 7) is 6.61. The van der Waals surface area contributed by atoms with Gasteiger partial charge in [0.15, 0.2) is 5.12 Å². The summed E-state index contributed by atoms with van der Waals surface area (Å²) in [7, 11) is 0. The Balaban J connectivity index is 3.08. The van der Waals surface area contributed by atoms with Gasteiger partial charge < -0.3 is 0 Å². The molecule has 0 aromatic heterocycles. The second-order valence-corrected chi connectivity index (χ2v) is 10.8. The van der Waals surface area contributed by atoms with E-state index in [1.807, 2.05) is 6.92 Å². The highest BCUT2D eigenvalue weighted by molar-refractivity contribution is 8.20. The largest absolute Gasteiger partial charge is 0.287 e. The van der Waals surface area contributed by atoms with Crippen molar-refractivity contribution in [3.63, 3.8) is 0 Å². The zero-order chi connectivity index (χ0) is 19.5. The predicted octanol–water partition coefficient (Wildman–Crippen LogP) is 8.81. The van der Waals surface area contributed by atoms with Crippen molar-refractivity contribution in [3.05, 3.63) is 0 Å². The van der Waals surface area contributed by atoms with E-state index in [1.165, 1.54) is 108 Å². The maximum absolute atomic E-state index is 11.5. The molecule has 1 nitrogen and oxygen atoms in total. The Hall–Kier alpha value is 0.370. The molecule has 3 heteroatoms. The molecule has 0 amide bonds. The highest BCUT2D eigenvalue weighted by Crippen LogP contribution is 2.19. The average Bonchev–Trinajstić information content (AvgIpc) is 2.56. The first-order valence-corrected chi connectivity index (χ1v) is 12.8. The molecule has 0 aliphatic heterocycles. The summed E-state index contributed by atoms with van der Waals surface area (Å²) in [4.78, 5) is 11.5. The summed E-state index contributed by atoms with van der Waals surface area (Å²) in [5.41, 5.74) is 0. The fraction of sp³-hybridized carbons (Fsp3) is 0.957. The van der Waals surface area contributed by atoms with Gasteiger partial charge in [0.25, 0.3) is 0 Å². The first kappa shape index (κ1) is 26.4. The van der Waals surface area contributed by atoms with Gasteiger partial charge in [0.2, 0.25) is 0 Å². The average molecular weight is 403 g/mol. The lowest BCUT2D eigenvalue weighted by molar-refractivity contribution is -0.111. The fourth-order valence-electron chi connectivity index (χ4n) is 3.37. The van der Waals surface area contributed by atoms with Crippen molar-refractivity contribution in [1.29, 1.82) is 0 Å². The maximum Gasteiger partial charge on any atom is 0.190 e. The molecule has 0 bridgehead atoms. The van der Waals surface area contributed by atoms with Crippen LogP contribution in [0.2, 0.25) is 0 Å². The SMILES string of the molecule is CC(C)CCCCCCCCCCCCCCCCCC(=O)SC(C)S. The van der Waals surface area contributed by atoms with Gasteiger partial charge >= 0.3 is 0 Å². The molecule has 0 saturated heterocycles. The zero-order valence-electron chi connectivity index (χ0n) is 17.9. The third-order valence-corrected chi connectivity index (χ3v) is 6.09. The molecule has 1 unspecified atom stereocenters. The monoisotopic (exact) mass is 402 g/mol. The van der Waals surface area contributed by atoms with E-state index in [9.17, 15) is 4.79 Å². The van der Waals surface area contributed by atoms with Gasteiger partial charge in [0, 0.05) is 6.42 Å². The molecule has 156 valence electrons. The van der Waals surface area contributed by atoms with Crippen molar-refractivity contribution in [2.24, 2.45) is 5.92 Å². The van der Waals surface area contributed by atoms with Crippen molar-refractivity contribution in [3.8, 4) is 0 Å². The van der Waals surface area contributed by atoms with E-state index in [2.05, 4.69) is 26.5 Å². The van der Waals surface area contributed by atoms with Crippen LogP contribution in [-0.2, 0) is 4.79 Å². The molecule has 0 radical (unpaired) electrons. The van der Waals surface area contributed by atoms with Gasteiger partial charge in [-0.1, -0.05) is 122 Å². The summed E-state index contributed by atoms with van der Waals surface area (Å²) in [5, 5.41) is 0.308. The standard InChI is InChI=1S/C23H46OS2/c1-21(2)19-17-15-13-11-9-7-5-4-6-8-10-12-14-16-18-20-23(24)26-22(3)25/h21-22,25H,4-20H2,1-3H3. The van der Waals surface area contributed by atoms with Crippen LogP contribution < -0.4 is 0 Å². The van der Waals surface area contributed by atoms with Gasteiger partial charge in [-0.05, 0) is 19.3 Å². The minimum Gasteiger partial charge on any atom is -0.287 e. The third kappa shape index (κ3) is 22.4. The van der Waals surface area contributed by atoms with Gasteiger partial charge in [0.05, 0.1) is 4.58 Å². The van der Waals surface area contributed by atoms with Crippen LogP contribution in [0.5, 0.6) is 0 Å². The van der Waals surface area contributed by atoms with E-state index in [1.54, 1.807) is 0 Å². The van der Waals surface area contributed by atoms with E-state index >= 15 is 0 Å². The molecule has 0 aromatic carbocycles. The molecule has 0 aromatic rings. The van der Waals surface area contributed by atoms with Crippen LogP contribution in [0.1, 0.15) is 130 Å². The summed E-state index contributed by atoms with van der Waals surface area (Å²) in [6.07, 6.45) is 22.8. The Kier molecular flexibility index (Phi) is 20.4. The third-order valence-electron chi connectivity index (χ3n) is 4.96. The first-order chi connectivity index (χ1) is 12.5. The second-order valence-electron chi connectivity index (χ2n) is 8.32. The number of thiol groups is 1. The second kappa shape index (κ2) is 20.1. The van der Waals surface area contributed by atoms with Crippen LogP contribution in [0.25, 0.3) is 0 Å². The van der Waals surface area contributed by atoms with E-state index in [0.29, 0.717) is 5.12 Å². The molecule has 0 aliphatic carbocycles. The molecule has 26 heavy (non-hydrogen) atoms. The van der Waals surface area contributed by atoms with Crippen molar-refractivity contribution in [2.45, 2.75) is 135 Å². The lowest BCUT2D eigenvalue weighted by Gasteiger charge is -2.05. The van der Waals surface area contributed by atoms with Crippen LogP contribution in [0.4, 0.5) is 0 Å². The molecular formula is C23H46OS2. The van der Waals surface area contributed by atoms with Crippen molar-refractivity contribution < 1.29 is 4.79 Å². The molecule has 0 heterocycles. The number of hydrogen-bond donors (Lipinski definition) is 1. The number of carbonyl (C=O) groups is 1. The van der Waals surface area contributed by atoms with Crippen molar-refractivity contribution >= 4 is 29.5 Å². The highest BCUT2D eigenvalue weighted by atomic mass is 32.2. The predicted molar refractivity (Wildman–Crippen MR) is 124 cm³/mol. The van der Waals surface area contributed by atoms with Crippen LogP contribution in [0.3, 0.4) is 0 Å². The Morgan fingerprint density at radius 3 is 1.35 bits per heavy atom. The quantitative estimate of drug-likeness (QED) is 0.132. The minimum absolute atomic E-state index is 0.136. The normalized spacial score (nSPS) is 12.7. The molecule has 0 spiro atoms. The van der Waals surface area contributed by atoms with Gasteiger partial charge in [-0.2, -0.15) is 12.6 Å². The van der Waals surface area contributed by atoms with Crippen LogP contribution in [0, 0.1) is 5.92 Å². The molecule has 0 aliphatic rings. The number of thioether (sulfide) groups is 1. The van der Waals surface area contributed by atoms with Crippen LogP contribution >= 0.6 is 24.4 Å². The van der Waals surface area contributed by atoms with Gasteiger partial charge in [-0.15, -0.1) is 0 Å². The first-order valence-electron chi connectivity index (χ1n) is 11.4. The summed E-state index contributed by atoms with van der Waals surface area (Å²) >= 11 is 5.61. The Bertz CT molecular complexity index is 303. The number of rotatable bonds is 19. The molecular weight excluding hydrogens is 356 g/mol. The molecule has 0 saturated carbocycles. The number of hydrogen-bond acceptors (Lipinski definition) is 3. The molecule has 0 fully saturated rings. The van der Waals surface area contributed by atoms with Crippen molar-refractivity contribution in [1.82, 2.24) is 0 Å². The maximum atomic E-state index is 11.5.